The van der Waals surface area contributed by atoms with Crippen molar-refractivity contribution in [2.45, 2.75) is 6.92 Å². The van der Waals surface area contributed by atoms with Gasteiger partial charge in [-0.1, -0.05) is 30.3 Å². The maximum atomic E-state index is 13.1. The van der Waals surface area contributed by atoms with Crippen LogP contribution < -0.4 is 10.1 Å². The van der Waals surface area contributed by atoms with E-state index in [9.17, 15) is 4.79 Å². The fraction of sp³-hybridized carbons (Fsp3) is 0.0909. The summed E-state index contributed by atoms with van der Waals surface area (Å²) in [5, 5.41) is 9.64. The maximum absolute atomic E-state index is 13.1. The summed E-state index contributed by atoms with van der Waals surface area (Å²) in [6.07, 6.45) is 0. The Bertz CT molecular complexity index is 1100. The predicted octanol–water partition coefficient (Wildman–Crippen LogP) is 5.17. The van der Waals surface area contributed by atoms with Crippen molar-refractivity contribution in [3.05, 3.63) is 83.4 Å². The number of nitrogens with one attached hydrogen (secondary N) is 1. The van der Waals surface area contributed by atoms with E-state index >= 15 is 0 Å². The van der Waals surface area contributed by atoms with Gasteiger partial charge in [0.05, 0.1) is 23.4 Å². The minimum absolute atomic E-state index is 0.247. The standard InChI is InChI=1S/C22H19N3O2S/c1-15-10-11-20(27-2)17(13-15)23-22(26)19-14-18(21-9-6-12-28-21)24-25(19)16-7-4-3-5-8-16/h3-14H,1-2H3,(H,23,26). The number of aryl methyl sites for hydroxylation is 1. The Morgan fingerprint density at radius 1 is 1.07 bits per heavy atom. The van der Waals surface area contributed by atoms with E-state index in [1.165, 1.54) is 0 Å². The third-order valence-electron chi connectivity index (χ3n) is 4.32. The molecule has 1 N–H and O–H groups in total. The predicted molar refractivity (Wildman–Crippen MR) is 113 cm³/mol. The van der Waals surface area contributed by atoms with Crippen LogP contribution in [0.2, 0.25) is 0 Å². The highest BCUT2D eigenvalue weighted by molar-refractivity contribution is 7.13. The summed E-state index contributed by atoms with van der Waals surface area (Å²) >= 11 is 1.59. The molecule has 0 bridgehead atoms. The van der Waals surface area contributed by atoms with Crippen LogP contribution >= 0.6 is 11.3 Å². The SMILES string of the molecule is COc1ccc(C)cc1NC(=O)c1cc(-c2cccs2)nn1-c1ccccc1. The van der Waals surface area contributed by atoms with Crippen LogP contribution in [-0.2, 0) is 0 Å². The third kappa shape index (κ3) is 3.54. The molecule has 1 amide bonds. The molecule has 0 spiro atoms. The summed E-state index contributed by atoms with van der Waals surface area (Å²) in [6, 6.07) is 21.1. The fourth-order valence-corrected chi connectivity index (χ4v) is 3.64. The largest absolute Gasteiger partial charge is 0.495 e. The number of carbonyl (C=O) groups excluding carboxylic acids is 1. The average Bonchev–Trinajstić information content (AvgIpc) is 3.39. The number of para-hydroxylation sites is 1. The molecule has 28 heavy (non-hydrogen) atoms. The molecule has 2 aromatic carbocycles. The van der Waals surface area contributed by atoms with Gasteiger partial charge >= 0.3 is 0 Å². The van der Waals surface area contributed by atoms with Gasteiger partial charge < -0.3 is 10.1 Å². The quantitative estimate of drug-likeness (QED) is 0.512. The Morgan fingerprint density at radius 2 is 1.89 bits per heavy atom. The fourth-order valence-electron chi connectivity index (χ4n) is 2.96. The van der Waals surface area contributed by atoms with Crippen molar-refractivity contribution >= 4 is 22.9 Å². The Labute approximate surface area is 167 Å². The number of rotatable bonds is 5. The number of nitrogens with zero attached hydrogens (tertiary/aromatic N) is 2. The zero-order valence-electron chi connectivity index (χ0n) is 15.5. The van der Waals surface area contributed by atoms with Crippen molar-refractivity contribution in [2.75, 3.05) is 12.4 Å². The number of anilines is 1. The van der Waals surface area contributed by atoms with Crippen LogP contribution in [-0.4, -0.2) is 22.8 Å². The topological polar surface area (TPSA) is 56.1 Å². The number of carbonyl (C=O) groups is 1. The Kier molecular flexibility index (Phi) is 4.95. The number of methoxy groups -OCH3 is 1. The summed E-state index contributed by atoms with van der Waals surface area (Å²) in [5.74, 6) is 0.367. The number of ether oxygens (including phenoxy) is 1. The molecular formula is C22H19N3O2S. The van der Waals surface area contributed by atoms with Gasteiger partial charge in [0.25, 0.3) is 5.91 Å². The lowest BCUT2D eigenvalue weighted by Gasteiger charge is -2.12. The van der Waals surface area contributed by atoms with Gasteiger partial charge in [0.15, 0.2) is 0 Å². The summed E-state index contributed by atoms with van der Waals surface area (Å²) in [7, 11) is 1.59. The maximum Gasteiger partial charge on any atom is 0.274 e. The summed E-state index contributed by atoms with van der Waals surface area (Å²) < 4.78 is 7.05. The van der Waals surface area contributed by atoms with Gasteiger partial charge in [-0.05, 0) is 54.3 Å². The van der Waals surface area contributed by atoms with Gasteiger partial charge in [-0.15, -0.1) is 11.3 Å². The van der Waals surface area contributed by atoms with Crippen LogP contribution in [0.5, 0.6) is 5.75 Å². The number of benzene rings is 2. The van der Waals surface area contributed by atoms with Crippen LogP contribution in [0.25, 0.3) is 16.3 Å². The molecule has 0 unspecified atom stereocenters. The van der Waals surface area contributed by atoms with Crippen LogP contribution in [0, 0.1) is 6.92 Å². The lowest BCUT2D eigenvalue weighted by molar-refractivity contribution is 0.101. The van der Waals surface area contributed by atoms with Gasteiger partial charge in [0, 0.05) is 0 Å². The smallest absolute Gasteiger partial charge is 0.274 e. The van der Waals surface area contributed by atoms with Crippen LogP contribution in [0.3, 0.4) is 0 Å². The zero-order valence-corrected chi connectivity index (χ0v) is 16.4. The highest BCUT2D eigenvalue weighted by atomic mass is 32.1. The van der Waals surface area contributed by atoms with Crippen molar-refractivity contribution in [1.29, 1.82) is 0 Å². The molecule has 0 radical (unpaired) electrons. The van der Waals surface area contributed by atoms with Gasteiger partial charge in [0.1, 0.15) is 17.1 Å². The first kappa shape index (κ1) is 18.0. The number of amides is 1. The van der Waals surface area contributed by atoms with Crippen molar-refractivity contribution in [3.63, 3.8) is 0 Å². The van der Waals surface area contributed by atoms with Crippen molar-refractivity contribution in [2.24, 2.45) is 0 Å². The normalized spacial score (nSPS) is 10.6. The molecule has 4 aromatic rings. The molecule has 4 rings (SSSR count). The van der Waals surface area contributed by atoms with E-state index in [1.54, 1.807) is 23.1 Å². The number of thiophene rings is 1. The zero-order chi connectivity index (χ0) is 19.5. The Balaban J connectivity index is 1.76. The summed E-state index contributed by atoms with van der Waals surface area (Å²) in [5.41, 5.74) is 3.71. The van der Waals surface area contributed by atoms with E-state index in [0.717, 1.165) is 21.8 Å². The molecule has 5 nitrogen and oxygen atoms in total. The number of hydrogen-bond acceptors (Lipinski definition) is 4. The molecule has 0 aliphatic heterocycles. The van der Waals surface area contributed by atoms with E-state index in [2.05, 4.69) is 10.4 Å². The molecular weight excluding hydrogens is 370 g/mol. The minimum atomic E-state index is -0.247. The van der Waals surface area contributed by atoms with E-state index in [0.29, 0.717) is 17.1 Å². The molecule has 0 fully saturated rings. The third-order valence-corrected chi connectivity index (χ3v) is 5.21. The van der Waals surface area contributed by atoms with E-state index in [4.69, 9.17) is 4.74 Å². The summed E-state index contributed by atoms with van der Waals surface area (Å²) in [4.78, 5) is 14.2. The minimum Gasteiger partial charge on any atom is -0.495 e. The molecule has 2 heterocycles. The first-order chi connectivity index (χ1) is 13.7. The lowest BCUT2D eigenvalue weighted by atomic mass is 10.2. The highest BCUT2D eigenvalue weighted by Gasteiger charge is 2.19. The second-order valence-corrected chi connectivity index (χ2v) is 7.25. The monoisotopic (exact) mass is 389 g/mol. The van der Waals surface area contributed by atoms with Crippen molar-refractivity contribution in [3.8, 4) is 22.0 Å². The van der Waals surface area contributed by atoms with Gasteiger partial charge in [-0.25, -0.2) is 4.68 Å². The molecule has 0 saturated carbocycles. The second-order valence-electron chi connectivity index (χ2n) is 6.30. The molecule has 0 aliphatic carbocycles. The van der Waals surface area contributed by atoms with Crippen LogP contribution in [0.4, 0.5) is 5.69 Å². The van der Waals surface area contributed by atoms with Crippen molar-refractivity contribution < 1.29 is 9.53 Å². The highest BCUT2D eigenvalue weighted by Crippen LogP contribution is 2.28. The van der Waals surface area contributed by atoms with Crippen molar-refractivity contribution in [1.82, 2.24) is 9.78 Å². The molecule has 0 atom stereocenters. The van der Waals surface area contributed by atoms with Crippen LogP contribution in [0.1, 0.15) is 16.1 Å². The van der Waals surface area contributed by atoms with Gasteiger partial charge in [-0.2, -0.15) is 5.10 Å². The molecule has 6 heteroatoms. The molecule has 2 aromatic heterocycles. The van der Waals surface area contributed by atoms with E-state index < -0.39 is 0 Å². The van der Waals surface area contributed by atoms with E-state index in [1.807, 2.05) is 79.0 Å². The first-order valence-electron chi connectivity index (χ1n) is 8.81. The average molecular weight is 389 g/mol. The van der Waals surface area contributed by atoms with Gasteiger partial charge in [0.2, 0.25) is 0 Å². The Morgan fingerprint density at radius 3 is 2.61 bits per heavy atom. The van der Waals surface area contributed by atoms with E-state index in [-0.39, 0.29) is 5.91 Å². The molecule has 0 saturated heterocycles. The summed E-state index contributed by atoms with van der Waals surface area (Å²) in [6.45, 7) is 1.97. The number of hydrogen-bond donors (Lipinski definition) is 1. The Hall–Kier alpha value is -3.38. The lowest BCUT2D eigenvalue weighted by Crippen LogP contribution is -2.17. The van der Waals surface area contributed by atoms with Crippen LogP contribution in [0.15, 0.2) is 72.1 Å². The molecule has 0 aliphatic rings. The first-order valence-corrected chi connectivity index (χ1v) is 9.69. The second kappa shape index (κ2) is 7.70. The van der Waals surface area contributed by atoms with Gasteiger partial charge in [-0.3, -0.25) is 4.79 Å². The number of aromatic nitrogens is 2. The molecule has 140 valence electrons.